The Bertz CT molecular complexity index is 389. The van der Waals surface area contributed by atoms with Crippen LogP contribution in [0, 0.1) is 4.77 Å². The van der Waals surface area contributed by atoms with Crippen LogP contribution in [0.15, 0.2) is 0 Å². The molecule has 0 aromatic carbocycles. The molecule has 1 heterocycles. The van der Waals surface area contributed by atoms with Gasteiger partial charge in [0.1, 0.15) is 5.60 Å². The SMILES string of the molecule is COC(C)(C)c1n[nH]c(=S)n1C1CC1. The van der Waals surface area contributed by atoms with E-state index in [0.29, 0.717) is 10.8 Å². The van der Waals surface area contributed by atoms with E-state index in [1.807, 2.05) is 13.8 Å². The molecule has 0 bridgehead atoms. The number of H-pyrrole nitrogens is 1. The Hall–Kier alpha value is -0.680. The maximum Gasteiger partial charge on any atom is 0.195 e. The lowest BCUT2D eigenvalue weighted by molar-refractivity contribution is 0.00809. The molecule has 78 valence electrons. The van der Waals surface area contributed by atoms with Crippen molar-refractivity contribution in [1.29, 1.82) is 0 Å². The summed E-state index contributed by atoms with van der Waals surface area (Å²) in [7, 11) is 1.69. The number of hydrogen-bond donors (Lipinski definition) is 1. The smallest absolute Gasteiger partial charge is 0.195 e. The summed E-state index contributed by atoms with van der Waals surface area (Å²) in [5.74, 6) is 0.896. The lowest BCUT2D eigenvalue weighted by atomic mass is 10.1. The van der Waals surface area contributed by atoms with E-state index in [0.717, 1.165) is 5.82 Å². The van der Waals surface area contributed by atoms with Gasteiger partial charge in [0, 0.05) is 13.2 Å². The standard InChI is InChI=1S/C9H15N3OS/c1-9(2,13-3)7-10-11-8(14)12(7)6-4-5-6/h6H,4-5H2,1-3H3,(H,11,14). The van der Waals surface area contributed by atoms with Gasteiger partial charge in [0.25, 0.3) is 0 Å². The van der Waals surface area contributed by atoms with E-state index in [9.17, 15) is 0 Å². The minimum absolute atomic E-state index is 0.379. The molecule has 5 heteroatoms. The molecule has 0 unspecified atom stereocenters. The van der Waals surface area contributed by atoms with E-state index in [1.54, 1.807) is 7.11 Å². The van der Waals surface area contributed by atoms with Crippen LogP contribution in [-0.2, 0) is 10.3 Å². The van der Waals surface area contributed by atoms with Crippen LogP contribution in [0.4, 0.5) is 0 Å². The molecule has 4 nitrogen and oxygen atoms in total. The first-order chi connectivity index (χ1) is 6.56. The highest BCUT2D eigenvalue weighted by atomic mass is 32.1. The van der Waals surface area contributed by atoms with Gasteiger partial charge in [0.05, 0.1) is 0 Å². The number of aromatic amines is 1. The van der Waals surface area contributed by atoms with Gasteiger partial charge in [0.2, 0.25) is 0 Å². The fourth-order valence-corrected chi connectivity index (χ4v) is 1.77. The molecule has 2 rings (SSSR count). The summed E-state index contributed by atoms with van der Waals surface area (Å²) >= 11 is 5.20. The monoisotopic (exact) mass is 213 g/mol. The zero-order valence-corrected chi connectivity index (χ0v) is 9.52. The Balaban J connectivity index is 2.47. The topological polar surface area (TPSA) is 42.8 Å². The lowest BCUT2D eigenvalue weighted by Gasteiger charge is -2.22. The minimum atomic E-state index is -0.379. The van der Waals surface area contributed by atoms with Gasteiger partial charge >= 0.3 is 0 Å². The van der Waals surface area contributed by atoms with E-state index in [2.05, 4.69) is 14.8 Å². The highest BCUT2D eigenvalue weighted by molar-refractivity contribution is 7.71. The van der Waals surface area contributed by atoms with Gasteiger partial charge in [-0.1, -0.05) is 0 Å². The second-order valence-corrected chi connectivity index (χ2v) is 4.55. The Kier molecular flexibility index (Phi) is 2.23. The molecule has 1 fully saturated rings. The number of nitrogens with zero attached hydrogens (tertiary/aromatic N) is 2. The van der Waals surface area contributed by atoms with Crippen molar-refractivity contribution in [2.75, 3.05) is 7.11 Å². The third kappa shape index (κ3) is 1.50. The number of nitrogens with one attached hydrogen (secondary N) is 1. The van der Waals surface area contributed by atoms with Crippen molar-refractivity contribution in [2.24, 2.45) is 0 Å². The van der Waals surface area contributed by atoms with Crippen molar-refractivity contribution in [3.8, 4) is 0 Å². The second kappa shape index (κ2) is 3.17. The van der Waals surface area contributed by atoms with Crippen LogP contribution in [0.25, 0.3) is 0 Å². The van der Waals surface area contributed by atoms with Gasteiger partial charge in [-0.05, 0) is 38.9 Å². The first-order valence-electron chi connectivity index (χ1n) is 4.79. The molecule has 1 saturated carbocycles. The highest BCUT2D eigenvalue weighted by Gasteiger charge is 2.33. The van der Waals surface area contributed by atoms with Crippen LogP contribution in [-0.4, -0.2) is 21.9 Å². The molecule has 1 aromatic heterocycles. The van der Waals surface area contributed by atoms with Crippen LogP contribution in [0.1, 0.15) is 38.6 Å². The Morgan fingerprint density at radius 1 is 1.57 bits per heavy atom. The Labute approximate surface area is 88.3 Å². The number of methoxy groups -OCH3 is 1. The molecule has 0 amide bonds. The molecule has 0 atom stereocenters. The summed E-state index contributed by atoms with van der Waals surface area (Å²) in [4.78, 5) is 0. The average Bonchev–Trinajstić information content (AvgIpc) is 2.90. The van der Waals surface area contributed by atoms with Crippen LogP contribution in [0.2, 0.25) is 0 Å². The summed E-state index contributed by atoms with van der Waals surface area (Å²) in [5, 5.41) is 7.08. The van der Waals surface area contributed by atoms with Crippen molar-refractivity contribution in [1.82, 2.24) is 14.8 Å². The van der Waals surface area contributed by atoms with Crippen molar-refractivity contribution in [3.05, 3.63) is 10.6 Å². The summed E-state index contributed by atoms with van der Waals surface area (Å²) in [6.07, 6.45) is 2.39. The largest absolute Gasteiger partial charge is 0.371 e. The first kappa shape index (κ1) is 9.86. The van der Waals surface area contributed by atoms with Crippen molar-refractivity contribution in [3.63, 3.8) is 0 Å². The van der Waals surface area contributed by atoms with Crippen LogP contribution in [0.5, 0.6) is 0 Å². The zero-order valence-electron chi connectivity index (χ0n) is 8.70. The fraction of sp³-hybridized carbons (Fsp3) is 0.778. The number of hydrogen-bond acceptors (Lipinski definition) is 3. The quantitative estimate of drug-likeness (QED) is 0.782. The first-order valence-corrected chi connectivity index (χ1v) is 5.19. The molecular formula is C9H15N3OS. The van der Waals surface area contributed by atoms with Crippen molar-refractivity contribution < 1.29 is 4.74 Å². The lowest BCUT2D eigenvalue weighted by Crippen LogP contribution is -2.24. The van der Waals surface area contributed by atoms with Gasteiger partial charge in [-0.3, -0.25) is 9.67 Å². The molecule has 1 N–H and O–H groups in total. The summed E-state index contributed by atoms with van der Waals surface area (Å²) in [6, 6.07) is 0.533. The molecule has 1 aromatic rings. The maximum atomic E-state index is 5.41. The molecule has 0 radical (unpaired) electrons. The molecule has 14 heavy (non-hydrogen) atoms. The van der Waals surface area contributed by atoms with Crippen LogP contribution < -0.4 is 0 Å². The van der Waals surface area contributed by atoms with Gasteiger partial charge in [-0.25, -0.2) is 0 Å². The third-order valence-corrected chi connectivity index (χ3v) is 2.95. The van der Waals surface area contributed by atoms with Crippen molar-refractivity contribution in [2.45, 2.75) is 38.3 Å². The summed E-state index contributed by atoms with van der Waals surface area (Å²) in [5.41, 5.74) is -0.379. The van der Waals surface area contributed by atoms with Crippen LogP contribution in [0.3, 0.4) is 0 Å². The summed E-state index contributed by atoms with van der Waals surface area (Å²) < 4.78 is 8.19. The summed E-state index contributed by atoms with van der Waals surface area (Å²) in [6.45, 7) is 3.99. The molecule has 0 spiro atoms. The van der Waals surface area contributed by atoms with Gasteiger partial charge in [0.15, 0.2) is 10.6 Å². The Morgan fingerprint density at radius 3 is 2.71 bits per heavy atom. The number of aromatic nitrogens is 3. The second-order valence-electron chi connectivity index (χ2n) is 4.17. The predicted molar refractivity (Wildman–Crippen MR) is 55.7 cm³/mol. The van der Waals surface area contributed by atoms with Crippen LogP contribution >= 0.6 is 12.2 Å². The third-order valence-electron chi connectivity index (χ3n) is 2.67. The van der Waals surface area contributed by atoms with E-state index in [1.165, 1.54) is 12.8 Å². The number of rotatable bonds is 3. The molecule has 1 aliphatic rings. The van der Waals surface area contributed by atoms with E-state index in [4.69, 9.17) is 17.0 Å². The van der Waals surface area contributed by atoms with Gasteiger partial charge < -0.3 is 4.74 Å². The maximum absolute atomic E-state index is 5.41. The van der Waals surface area contributed by atoms with Crippen molar-refractivity contribution >= 4 is 12.2 Å². The molecular weight excluding hydrogens is 198 g/mol. The Morgan fingerprint density at radius 2 is 2.21 bits per heavy atom. The number of ether oxygens (including phenoxy) is 1. The molecule has 1 aliphatic carbocycles. The van der Waals surface area contributed by atoms with E-state index >= 15 is 0 Å². The van der Waals surface area contributed by atoms with Gasteiger partial charge in [-0.2, -0.15) is 5.10 Å². The van der Waals surface area contributed by atoms with E-state index in [-0.39, 0.29) is 5.60 Å². The fourth-order valence-electron chi connectivity index (χ4n) is 1.49. The van der Waals surface area contributed by atoms with Gasteiger partial charge in [-0.15, -0.1) is 0 Å². The molecule has 0 saturated heterocycles. The normalized spacial score (nSPS) is 17.4. The predicted octanol–water partition coefficient (Wildman–Crippen LogP) is 2.16. The van der Waals surface area contributed by atoms with E-state index < -0.39 is 0 Å². The molecule has 0 aliphatic heterocycles. The minimum Gasteiger partial charge on any atom is -0.371 e. The average molecular weight is 213 g/mol. The zero-order chi connectivity index (χ0) is 10.3. The highest BCUT2D eigenvalue weighted by Crippen LogP contribution is 2.38.